The first-order valence-electron chi connectivity index (χ1n) is 7.27. The Bertz CT molecular complexity index is 419. The first-order valence-corrected chi connectivity index (χ1v) is 7.27. The molecule has 3 nitrogen and oxygen atoms in total. The maximum absolute atomic E-state index is 13.0. The number of amides is 1. The van der Waals surface area contributed by atoms with E-state index in [1.807, 2.05) is 32.6 Å². The number of benzene rings is 1. The van der Waals surface area contributed by atoms with E-state index in [2.05, 4.69) is 5.32 Å². The lowest BCUT2D eigenvalue weighted by molar-refractivity contribution is -0.136. The summed E-state index contributed by atoms with van der Waals surface area (Å²) in [5.41, 5.74) is 0.956. The third-order valence-electron chi connectivity index (χ3n) is 3.57. The lowest BCUT2D eigenvalue weighted by atomic mass is 10.0. The van der Waals surface area contributed by atoms with Gasteiger partial charge in [0, 0.05) is 19.0 Å². The van der Waals surface area contributed by atoms with Gasteiger partial charge in [-0.05, 0) is 38.1 Å². The van der Waals surface area contributed by atoms with Gasteiger partial charge < -0.3 is 10.2 Å². The normalized spacial score (nSPS) is 13.8. The Balaban J connectivity index is 2.78. The number of rotatable bonds is 7. The van der Waals surface area contributed by atoms with E-state index < -0.39 is 0 Å². The van der Waals surface area contributed by atoms with Gasteiger partial charge in [0.2, 0.25) is 5.91 Å². The van der Waals surface area contributed by atoms with Crippen molar-refractivity contribution in [2.24, 2.45) is 5.92 Å². The first-order chi connectivity index (χ1) is 9.51. The SMILES string of the molecule is CCNCC(C)C(=O)N(CC)C(C)c1ccc(F)cc1. The molecule has 1 aromatic carbocycles. The van der Waals surface area contributed by atoms with Gasteiger partial charge in [0.05, 0.1) is 6.04 Å². The number of carbonyl (C=O) groups excluding carboxylic acids is 1. The Hall–Kier alpha value is -1.42. The van der Waals surface area contributed by atoms with Crippen LogP contribution in [0.15, 0.2) is 24.3 Å². The summed E-state index contributed by atoms with van der Waals surface area (Å²) < 4.78 is 13.0. The molecule has 1 amide bonds. The molecule has 0 aliphatic carbocycles. The first kappa shape index (κ1) is 16.6. The molecule has 0 saturated heterocycles. The lowest BCUT2D eigenvalue weighted by Crippen LogP contribution is -2.40. The van der Waals surface area contributed by atoms with E-state index in [1.165, 1.54) is 12.1 Å². The van der Waals surface area contributed by atoms with Crippen LogP contribution in [-0.4, -0.2) is 30.4 Å². The van der Waals surface area contributed by atoms with Gasteiger partial charge in [0.15, 0.2) is 0 Å². The molecule has 2 atom stereocenters. The van der Waals surface area contributed by atoms with Crippen molar-refractivity contribution in [3.8, 4) is 0 Å². The highest BCUT2D eigenvalue weighted by atomic mass is 19.1. The Morgan fingerprint density at radius 2 is 1.85 bits per heavy atom. The molecule has 0 fully saturated rings. The van der Waals surface area contributed by atoms with Crippen LogP contribution in [0.2, 0.25) is 0 Å². The van der Waals surface area contributed by atoms with Crippen LogP contribution in [0.1, 0.15) is 39.3 Å². The standard InChI is InChI=1S/C16H25FN2O/c1-5-18-11-12(3)16(20)19(6-2)13(4)14-7-9-15(17)10-8-14/h7-10,12-13,18H,5-6,11H2,1-4H3. The topological polar surface area (TPSA) is 32.3 Å². The second-order valence-electron chi connectivity index (χ2n) is 5.06. The fraction of sp³-hybridized carbons (Fsp3) is 0.562. The molecular formula is C16H25FN2O. The molecule has 0 bridgehead atoms. The second-order valence-corrected chi connectivity index (χ2v) is 5.06. The molecule has 20 heavy (non-hydrogen) atoms. The monoisotopic (exact) mass is 280 g/mol. The van der Waals surface area contributed by atoms with Crippen LogP contribution >= 0.6 is 0 Å². The summed E-state index contributed by atoms with van der Waals surface area (Å²) in [6.07, 6.45) is 0. The van der Waals surface area contributed by atoms with Crippen LogP contribution in [0.5, 0.6) is 0 Å². The molecule has 1 rings (SSSR count). The van der Waals surface area contributed by atoms with Crippen molar-refractivity contribution in [3.63, 3.8) is 0 Å². The van der Waals surface area contributed by atoms with Crippen LogP contribution in [0.4, 0.5) is 4.39 Å². The van der Waals surface area contributed by atoms with Crippen LogP contribution in [0.25, 0.3) is 0 Å². The van der Waals surface area contributed by atoms with Gasteiger partial charge >= 0.3 is 0 Å². The van der Waals surface area contributed by atoms with Gasteiger partial charge in [0.25, 0.3) is 0 Å². The van der Waals surface area contributed by atoms with Crippen molar-refractivity contribution in [2.75, 3.05) is 19.6 Å². The predicted octanol–water partition coefficient (Wildman–Crippen LogP) is 2.98. The molecule has 0 spiro atoms. The molecule has 0 radical (unpaired) electrons. The fourth-order valence-electron chi connectivity index (χ4n) is 2.27. The number of nitrogens with zero attached hydrogens (tertiary/aromatic N) is 1. The highest BCUT2D eigenvalue weighted by Crippen LogP contribution is 2.22. The average Bonchev–Trinajstić information content (AvgIpc) is 2.45. The summed E-state index contributed by atoms with van der Waals surface area (Å²) in [4.78, 5) is 14.3. The fourth-order valence-corrected chi connectivity index (χ4v) is 2.27. The molecule has 0 aromatic heterocycles. The van der Waals surface area contributed by atoms with E-state index in [1.54, 1.807) is 12.1 Å². The number of nitrogens with one attached hydrogen (secondary N) is 1. The quantitative estimate of drug-likeness (QED) is 0.833. The Kier molecular flexibility index (Phi) is 6.65. The van der Waals surface area contributed by atoms with Crippen LogP contribution < -0.4 is 5.32 Å². The van der Waals surface area contributed by atoms with Gasteiger partial charge in [0.1, 0.15) is 5.82 Å². The number of halogens is 1. The van der Waals surface area contributed by atoms with E-state index in [9.17, 15) is 9.18 Å². The summed E-state index contributed by atoms with van der Waals surface area (Å²) in [5.74, 6) is -0.182. The molecule has 4 heteroatoms. The minimum absolute atomic E-state index is 0.0443. The van der Waals surface area contributed by atoms with Crippen LogP contribution in [0.3, 0.4) is 0 Å². The third-order valence-corrected chi connectivity index (χ3v) is 3.57. The molecule has 0 heterocycles. The molecule has 0 aliphatic heterocycles. The van der Waals surface area contributed by atoms with Gasteiger partial charge in [-0.15, -0.1) is 0 Å². The minimum atomic E-state index is -0.254. The summed E-state index contributed by atoms with van der Waals surface area (Å²) in [5, 5.41) is 3.20. The van der Waals surface area contributed by atoms with E-state index >= 15 is 0 Å². The van der Waals surface area contributed by atoms with Crippen LogP contribution in [-0.2, 0) is 4.79 Å². The zero-order valence-corrected chi connectivity index (χ0v) is 12.8. The van der Waals surface area contributed by atoms with Crippen molar-refractivity contribution < 1.29 is 9.18 Å². The lowest BCUT2D eigenvalue weighted by Gasteiger charge is -2.31. The third kappa shape index (κ3) is 4.30. The summed E-state index contributed by atoms with van der Waals surface area (Å²) in [6.45, 7) is 10.1. The van der Waals surface area contributed by atoms with Crippen molar-refractivity contribution in [3.05, 3.63) is 35.6 Å². The largest absolute Gasteiger partial charge is 0.336 e. The van der Waals surface area contributed by atoms with Crippen molar-refractivity contribution in [1.29, 1.82) is 0 Å². The maximum atomic E-state index is 13.0. The minimum Gasteiger partial charge on any atom is -0.336 e. The van der Waals surface area contributed by atoms with Gasteiger partial charge in [-0.25, -0.2) is 4.39 Å². The smallest absolute Gasteiger partial charge is 0.227 e. The molecular weight excluding hydrogens is 255 g/mol. The van der Waals surface area contributed by atoms with E-state index in [0.29, 0.717) is 13.1 Å². The van der Waals surface area contributed by atoms with Crippen molar-refractivity contribution in [2.45, 2.75) is 33.7 Å². The molecule has 1 aromatic rings. The highest BCUT2D eigenvalue weighted by Gasteiger charge is 2.24. The van der Waals surface area contributed by atoms with E-state index in [4.69, 9.17) is 0 Å². The molecule has 112 valence electrons. The summed E-state index contributed by atoms with van der Waals surface area (Å²) >= 11 is 0. The van der Waals surface area contributed by atoms with Gasteiger partial charge in [-0.1, -0.05) is 26.0 Å². The average molecular weight is 280 g/mol. The Labute approximate surface area is 121 Å². The van der Waals surface area contributed by atoms with Crippen molar-refractivity contribution in [1.82, 2.24) is 10.2 Å². The molecule has 0 aliphatic rings. The predicted molar refractivity (Wildman–Crippen MR) is 79.9 cm³/mol. The molecule has 2 unspecified atom stereocenters. The number of carbonyl (C=O) groups is 1. The summed E-state index contributed by atoms with van der Waals surface area (Å²) in [6, 6.07) is 6.31. The molecule has 1 N–H and O–H groups in total. The summed E-state index contributed by atoms with van der Waals surface area (Å²) in [7, 11) is 0. The maximum Gasteiger partial charge on any atom is 0.227 e. The second kappa shape index (κ2) is 8.00. The zero-order valence-electron chi connectivity index (χ0n) is 12.8. The zero-order chi connectivity index (χ0) is 15.1. The number of hydrogen-bond donors (Lipinski definition) is 1. The number of hydrogen-bond acceptors (Lipinski definition) is 2. The Morgan fingerprint density at radius 1 is 1.25 bits per heavy atom. The highest BCUT2D eigenvalue weighted by molar-refractivity contribution is 5.79. The van der Waals surface area contributed by atoms with Crippen LogP contribution in [0, 0.1) is 11.7 Å². The van der Waals surface area contributed by atoms with E-state index in [0.717, 1.165) is 12.1 Å². The molecule has 0 saturated carbocycles. The van der Waals surface area contributed by atoms with Crippen molar-refractivity contribution >= 4 is 5.91 Å². The van der Waals surface area contributed by atoms with Gasteiger partial charge in [-0.3, -0.25) is 4.79 Å². The van der Waals surface area contributed by atoms with E-state index in [-0.39, 0.29) is 23.7 Å². The van der Waals surface area contributed by atoms with Gasteiger partial charge in [-0.2, -0.15) is 0 Å². The Morgan fingerprint density at radius 3 is 2.35 bits per heavy atom.